The number of ether oxygens (including phenoxy) is 2. The first-order chi connectivity index (χ1) is 9.17. The van der Waals surface area contributed by atoms with Gasteiger partial charge in [-0.2, -0.15) is 0 Å². The molecule has 1 heterocycles. The highest BCUT2D eigenvalue weighted by Crippen LogP contribution is 2.17. The van der Waals surface area contributed by atoms with E-state index >= 15 is 0 Å². The van der Waals surface area contributed by atoms with E-state index in [1.165, 1.54) is 0 Å². The minimum absolute atomic E-state index is 0.212. The van der Waals surface area contributed by atoms with Crippen LogP contribution in [0.1, 0.15) is 25.2 Å². The monoisotopic (exact) mass is 268 g/mol. The number of aliphatic hydroxyl groups excluding tert-OH is 1. The topological polar surface area (TPSA) is 63.6 Å². The van der Waals surface area contributed by atoms with Crippen molar-refractivity contribution in [2.45, 2.75) is 33.4 Å². The molecule has 2 N–H and O–H groups in total. The third-order valence-corrected chi connectivity index (χ3v) is 2.56. The lowest BCUT2D eigenvalue weighted by molar-refractivity contribution is 0.0161. The zero-order valence-corrected chi connectivity index (χ0v) is 12.0. The van der Waals surface area contributed by atoms with Crippen LogP contribution in [0.3, 0.4) is 0 Å². The predicted molar refractivity (Wildman–Crippen MR) is 74.3 cm³/mol. The van der Waals surface area contributed by atoms with Crippen LogP contribution in [-0.2, 0) is 11.3 Å². The summed E-state index contributed by atoms with van der Waals surface area (Å²) in [6, 6.07) is 3.79. The summed E-state index contributed by atoms with van der Waals surface area (Å²) in [5, 5.41) is 12.9. The molecule has 1 atom stereocenters. The van der Waals surface area contributed by atoms with E-state index in [1.807, 2.05) is 32.9 Å². The molecule has 1 aromatic heterocycles. The zero-order chi connectivity index (χ0) is 14.1. The normalized spacial score (nSPS) is 12.4. The third-order valence-electron chi connectivity index (χ3n) is 2.56. The van der Waals surface area contributed by atoms with E-state index < -0.39 is 6.10 Å². The maximum Gasteiger partial charge on any atom is 0.142 e. The molecule has 5 heteroatoms. The van der Waals surface area contributed by atoms with Crippen molar-refractivity contribution in [2.75, 3.05) is 26.4 Å². The molecular formula is C14H24N2O3. The Bertz CT molecular complexity index is 372. The first-order valence-electron chi connectivity index (χ1n) is 6.73. The highest BCUT2D eigenvalue weighted by molar-refractivity contribution is 5.29. The van der Waals surface area contributed by atoms with E-state index in [4.69, 9.17) is 9.47 Å². The molecule has 1 aromatic rings. The molecule has 108 valence electrons. The minimum Gasteiger partial charge on any atom is -0.489 e. The summed E-state index contributed by atoms with van der Waals surface area (Å²) in [6.45, 7) is 8.52. The minimum atomic E-state index is -0.617. The van der Waals surface area contributed by atoms with Gasteiger partial charge in [0.1, 0.15) is 18.5 Å². The van der Waals surface area contributed by atoms with Gasteiger partial charge in [0.2, 0.25) is 0 Å². The Labute approximate surface area is 115 Å². The molecule has 5 nitrogen and oxygen atoms in total. The van der Waals surface area contributed by atoms with Crippen LogP contribution < -0.4 is 10.1 Å². The van der Waals surface area contributed by atoms with Gasteiger partial charge in [0.15, 0.2) is 0 Å². The molecule has 0 aromatic carbocycles. The number of aryl methyl sites for hydroxylation is 1. The fraction of sp³-hybridized carbons (Fsp3) is 0.643. The van der Waals surface area contributed by atoms with Gasteiger partial charge in [-0.1, -0.05) is 6.92 Å². The largest absolute Gasteiger partial charge is 0.489 e. The van der Waals surface area contributed by atoms with E-state index in [0.29, 0.717) is 25.5 Å². The van der Waals surface area contributed by atoms with Crippen LogP contribution in [0, 0.1) is 6.92 Å². The predicted octanol–water partition coefficient (Wildman–Crippen LogP) is 1.28. The summed E-state index contributed by atoms with van der Waals surface area (Å²) < 4.78 is 10.8. The smallest absolute Gasteiger partial charge is 0.142 e. The Morgan fingerprint density at radius 1 is 1.32 bits per heavy atom. The lowest BCUT2D eigenvalue weighted by atomic mass is 10.2. The average Bonchev–Trinajstić information content (AvgIpc) is 2.41. The number of hydrogen-bond acceptors (Lipinski definition) is 5. The number of aromatic nitrogens is 1. The van der Waals surface area contributed by atoms with Crippen molar-refractivity contribution in [1.29, 1.82) is 0 Å². The second kappa shape index (κ2) is 8.85. The molecule has 0 aliphatic rings. The van der Waals surface area contributed by atoms with Crippen LogP contribution in [0.25, 0.3) is 0 Å². The maximum absolute atomic E-state index is 9.68. The van der Waals surface area contributed by atoms with Gasteiger partial charge in [0.25, 0.3) is 0 Å². The van der Waals surface area contributed by atoms with Crippen LogP contribution in [0.15, 0.2) is 12.1 Å². The van der Waals surface area contributed by atoms with Crippen molar-refractivity contribution in [1.82, 2.24) is 10.3 Å². The van der Waals surface area contributed by atoms with E-state index in [2.05, 4.69) is 10.3 Å². The summed E-state index contributed by atoms with van der Waals surface area (Å²) in [5.41, 5.74) is 1.82. The Balaban J connectivity index is 2.56. The number of pyridine rings is 1. The molecule has 0 aliphatic carbocycles. The van der Waals surface area contributed by atoms with Crippen LogP contribution in [0.5, 0.6) is 5.75 Å². The quantitative estimate of drug-likeness (QED) is 0.706. The summed E-state index contributed by atoms with van der Waals surface area (Å²) in [5.74, 6) is 0.710. The highest BCUT2D eigenvalue weighted by Gasteiger charge is 2.09. The van der Waals surface area contributed by atoms with Crippen LogP contribution in [-0.4, -0.2) is 42.6 Å². The van der Waals surface area contributed by atoms with Crippen molar-refractivity contribution in [3.8, 4) is 5.75 Å². The van der Waals surface area contributed by atoms with E-state index in [9.17, 15) is 5.11 Å². The maximum atomic E-state index is 9.68. The first-order valence-corrected chi connectivity index (χ1v) is 6.73. The Hall–Kier alpha value is -1.17. The molecule has 0 saturated heterocycles. The lowest BCUT2D eigenvalue weighted by Crippen LogP contribution is -2.24. The summed E-state index contributed by atoms with van der Waals surface area (Å²) in [6.07, 6.45) is -0.617. The van der Waals surface area contributed by atoms with E-state index in [0.717, 1.165) is 17.9 Å². The van der Waals surface area contributed by atoms with Gasteiger partial charge in [-0.3, -0.25) is 4.98 Å². The number of nitrogens with zero attached hydrogens (tertiary/aromatic N) is 1. The van der Waals surface area contributed by atoms with Gasteiger partial charge in [-0.05, 0) is 32.5 Å². The molecule has 1 unspecified atom stereocenters. The van der Waals surface area contributed by atoms with Crippen molar-refractivity contribution >= 4 is 0 Å². The average molecular weight is 268 g/mol. The van der Waals surface area contributed by atoms with Crippen LogP contribution in [0.4, 0.5) is 0 Å². The standard InChI is InChI=1S/C14H24N2O3/c1-4-15-8-13-14(7-6-11(3)16-13)19-10-12(17)9-18-5-2/h6-7,12,15,17H,4-5,8-10H2,1-3H3. The molecule has 0 radical (unpaired) electrons. The fourth-order valence-electron chi connectivity index (χ4n) is 1.59. The van der Waals surface area contributed by atoms with Crippen molar-refractivity contribution in [3.05, 3.63) is 23.5 Å². The Kier molecular flexibility index (Phi) is 7.40. The summed E-state index contributed by atoms with van der Waals surface area (Å²) in [7, 11) is 0. The molecule has 0 aliphatic heterocycles. The Morgan fingerprint density at radius 2 is 2.11 bits per heavy atom. The summed E-state index contributed by atoms with van der Waals surface area (Å²) >= 11 is 0. The molecule has 0 saturated carbocycles. The molecule has 1 rings (SSSR count). The molecule has 0 spiro atoms. The number of hydrogen-bond donors (Lipinski definition) is 2. The van der Waals surface area contributed by atoms with Crippen LogP contribution >= 0.6 is 0 Å². The highest BCUT2D eigenvalue weighted by atomic mass is 16.5. The molecule has 0 amide bonds. The van der Waals surface area contributed by atoms with E-state index in [1.54, 1.807) is 0 Å². The molecule has 0 bridgehead atoms. The zero-order valence-electron chi connectivity index (χ0n) is 12.0. The number of nitrogens with one attached hydrogen (secondary N) is 1. The second-order valence-electron chi connectivity index (χ2n) is 4.30. The van der Waals surface area contributed by atoms with Gasteiger partial charge >= 0.3 is 0 Å². The van der Waals surface area contributed by atoms with Gasteiger partial charge < -0.3 is 19.9 Å². The van der Waals surface area contributed by atoms with E-state index in [-0.39, 0.29) is 6.61 Å². The third kappa shape index (κ3) is 6.00. The second-order valence-corrected chi connectivity index (χ2v) is 4.30. The fourth-order valence-corrected chi connectivity index (χ4v) is 1.59. The first kappa shape index (κ1) is 15.9. The number of aliphatic hydroxyl groups is 1. The Morgan fingerprint density at radius 3 is 2.79 bits per heavy atom. The summed E-state index contributed by atoms with van der Waals surface area (Å²) in [4.78, 5) is 4.45. The van der Waals surface area contributed by atoms with Gasteiger partial charge in [-0.25, -0.2) is 0 Å². The molecular weight excluding hydrogens is 244 g/mol. The van der Waals surface area contributed by atoms with Crippen LogP contribution in [0.2, 0.25) is 0 Å². The SMILES string of the molecule is CCNCc1nc(C)ccc1OCC(O)COCC. The molecule has 19 heavy (non-hydrogen) atoms. The molecule has 0 fully saturated rings. The van der Waals surface area contributed by atoms with Crippen molar-refractivity contribution < 1.29 is 14.6 Å². The van der Waals surface area contributed by atoms with Gasteiger partial charge in [0.05, 0.1) is 12.3 Å². The number of rotatable bonds is 9. The van der Waals surface area contributed by atoms with Crippen molar-refractivity contribution in [2.24, 2.45) is 0 Å². The van der Waals surface area contributed by atoms with Crippen molar-refractivity contribution in [3.63, 3.8) is 0 Å². The lowest BCUT2D eigenvalue weighted by Gasteiger charge is -2.15. The van der Waals surface area contributed by atoms with Gasteiger partial charge in [0, 0.05) is 18.8 Å². The van der Waals surface area contributed by atoms with Gasteiger partial charge in [-0.15, -0.1) is 0 Å².